The normalized spacial score (nSPS) is 10.3. The summed E-state index contributed by atoms with van der Waals surface area (Å²) in [6.45, 7) is 4.01. The zero-order valence-electron chi connectivity index (χ0n) is 12.3. The number of aryl methyl sites for hydroxylation is 1. The van der Waals surface area contributed by atoms with Crippen molar-refractivity contribution in [2.75, 3.05) is 11.9 Å². The van der Waals surface area contributed by atoms with E-state index in [2.05, 4.69) is 22.0 Å². The summed E-state index contributed by atoms with van der Waals surface area (Å²) in [7, 11) is 0. The molecule has 6 nitrogen and oxygen atoms in total. The molecule has 0 aromatic carbocycles. The summed E-state index contributed by atoms with van der Waals surface area (Å²) >= 11 is 2.75. The quantitative estimate of drug-likeness (QED) is 0.806. The van der Waals surface area contributed by atoms with Gasteiger partial charge >= 0.3 is 6.16 Å². The summed E-state index contributed by atoms with van der Waals surface area (Å²) in [5.41, 5.74) is 0.608. The third-order valence-electron chi connectivity index (χ3n) is 2.57. The van der Waals surface area contributed by atoms with Gasteiger partial charge in [0.2, 0.25) is 5.88 Å². The average molecular weight is 340 g/mol. The molecule has 0 fully saturated rings. The summed E-state index contributed by atoms with van der Waals surface area (Å²) in [6.07, 6.45) is 1.20. The van der Waals surface area contributed by atoms with Crippen LogP contribution in [0.2, 0.25) is 0 Å². The molecule has 0 saturated heterocycles. The Morgan fingerprint density at radius 2 is 2.09 bits per heavy atom. The van der Waals surface area contributed by atoms with Crippen LogP contribution in [0.1, 0.15) is 35.5 Å². The van der Waals surface area contributed by atoms with Gasteiger partial charge in [-0.2, -0.15) is 4.98 Å². The smallest absolute Gasteiger partial charge is 0.434 e. The van der Waals surface area contributed by atoms with Gasteiger partial charge in [-0.1, -0.05) is 13.3 Å². The molecular formula is C14H16N2O4S2. The number of hydrogen-bond donors (Lipinski definition) is 1. The zero-order valence-corrected chi connectivity index (χ0v) is 13.9. The van der Waals surface area contributed by atoms with Gasteiger partial charge in [0, 0.05) is 10.3 Å². The van der Waals surface area contributed by atoms with Crippen LogP contribution >= 0.6 is 22.7 Å². The summed E-state index contributed by atoms with van der Waals surface area (Å²) in [4.78, 5) is 28.4. The number of aromatic nitrogens is 1. The lowest BCUT2D eigenvalue weighted by Crippen LogP contribution is -2.12. The Labute approximate surface area is 136 Å². The predicted octanol–water partition coefficient (Wildman–Crippen LogP) is 3.94. The van der Waals surface area contributed by atoms with Crippen LogP contribution in [0, 0.1) is 0 Å². The SMILES string of the molecule is CCCc1cc(C(=O)Nc2nc(OC(=O)OCC)cs2)cs1. The Morgan fingerprint density at radius 1 is 1.27 bits per heavy atom. The first-order valence-corrected chi connectivity index (χ1v) is 8.57. The first-order chi connectivity index (χ1) is 10.6. The number of carbonyl (C=O) groups excluding carboxylic acids is 2. The molecule has 0 atom stereocenters. The van der Waals surface area contributed by atoms with Gasteiger partial charge in [-0.25, -0.2) is 4.79 Å². The molecule has 1 amide bonds. The van der Waals surface area contributed by atoms with Crippen molar-refractivity contribution < 1.29 is 19.1 Å². The van der Waals surface area contributed by atoms with Crippen LogP contribution in [0.25, 0.3) is 0 Å². The van der Waals surface area contributed by atoms with Crippen LogP contribution in [0.3, 0.4) is 0 Å². The van der Waals surface area contributed by atoms with Gasteiger partial charge in [-0.15, -0.1) is 22.7 Å². The van der Waals surface area contributed by atoms with Crippen molar-refractivity contribution in [3.8, 4) is 5.88 Å². The van der Waals surface area contributed by atoms with Gasteiger partial charge in [0.05, 0.1) is 17.6 Å². The Morgan fingerprint density at radius 3 is 2.82 bits per heavy atom. The van der Waals surface area contributed by atoms with Crippen LogP contribution < -0.4 is 10.1 Å². The van der Waals surface area contributed by atoms with E-state index in [4.69, 9.17) is 4.74 Å². The number of amides is 1. The van der Waals surface area contributed by atoms with Crippen LogP contribution in [0.5, 0.6) is 5.88 Å². The Kier molecular flexibility index (Phi) is 5.91. The van der Waals surface area contributed by atoms with Crippen LogP contribution in [-0.2, 0) is 11.2 Å². The van der Waals surface area contributed by atoms with Crippen molar-refractivity contribution >= 4 is 39.9 Å². The number of hydrogen-bond acceptors (Lipinski definition) is 7. The van der Waals surface area contributed by atoms with Gasteiger partial charge in [0.25, 0.3) is 5.91 Å². The van der Waals surface area contributed by atoms with E-state index in [-0.39, 0.29) is 18.4 Å². The van der Waals surface area contributed by atoms with Gasteiger partial charge in [0.15, 0.2) is 5.13 Å². The van der Waals surface area contributed by atoms with E-state index in [0.717, 1.165) is 12.8 Å². The second kappa shape index (κ2) is 7.90. The Bertz CT molecular complexity index is 651. The molecule has 2 heterocycles. The number of anilines is 1. The number of carbonyl (C=O) groups is 2. The molecule has 0 aliphatic rings. The molecular weight excluding hydrogens is 324 g/mol. The number of thiazole rings is 1. The predicted molar refractivity (Wildman–Crippen MR) is 86.0 cm³/mol. The standard InChI is InChI=1S/C14H16N2O4S2/c1-3-5-10-6-9(7-21-10)12(17)16-13-15-11(8-22-13)20-14(18)19-4-2/h6-8H,3-5H2,1-2H3,(H,15,16,17). The molecule has 0 saturated carbocycles. The lowest BCUT2D eigenvalue weighted by molar-refractivity contribution is 0.102. The minimum Gasteiger partial charge on any atom is -0.434 e. The Hall–Kier alpha value is -1.93. The number of nitrogens with zero attached hydrogens (tertiary/aromatic N) is 1. The number of nitrogens with one attached hydrogen (secondary N) is 1. The van der Waals surface area contributed by atoms with Crippen molar-refractivity contribution in [3.63, 3.8) is 0 Å². The van der Waals surface area contributed by atoms with E-state index < -0.39 is 6.16 Å². The average Bonchev–Trinajstić information content (AvgIpc) is 3.09. The molecule has 1 N–H and O–H groups in total. The third kappa shape index (κ3) is 4.54. The summed E-state index contributed by atoms with van der Waals surface area (Å²) in [5.74, 6) is -0.119. The van der Waals surface area contributed by atoms with Crippen molar-refractivity contribution in [1.29, 1.82) is 0 Å². The minimum atomic E-state index is -0.812. The van der Waals surface area contributed by atoms with Crippen molar-refractivity contribution in [2.24, 2.45) is 0 Å². The first kappa shape index (κ1) is 16.4. The van der Waals surface area contributed by atoms with E-state index in [1.165, 1.54) is 21.6 Å². The lowest BCUT2D eigenvalue weighted by Gasteiger charge is -2.00. The minimum absolute atomic E-state index is 0.107. The molecule has 0 radical (unpaired) electrons. The largest absolute Gasteiger partial charge is 0.515 e. The highest BCUT2D eigenvalue weighted by Gasteiger charge is 2.13. The molecule has 0 bridgehead atoms. The maximum atomic E-state index is 12.1. The molecule has 2 rings (SSSR count). The zero-order chi connectivity index (χ0) is 15.9. The van der Waals surface area contributed by atoms with Crippen LogP contribution in [-0.4, -0.2) is 23.7 Å². The molecule has 8 heteroatoms. The molecule has 2 aromatic rings. The van der Waals surface area contributed by atoms with Gasteiger partial charge in [-0.05, 0) is 19.4 Å². The molecule has 0 spiro atoms. The summed E-state index contributed by atoms with van der Waals surface area (Å²) < 4.78 is 9.50. The van der Waals surface area contributed by atoms with Crippen molar-refractivity contribution in [3.05, 3.63) is 27.3 Å². The van der Waals surface area contributed by atoms with E-state index in [1.807, 2.05) is 11.4 Å². The number of ether oxygens (including phenoxy) is 2. The molecule has 2 aromatic heterocycles. The Balaban J connectivity index is 1.94. The number of thiophene rings is 1. The highest BCUT2D eigenvalue weighted by Crippen LogP contribution is 2.23. The van der Waals surface area contributed by atoms with E-state index in [9.17, 15) is 9.59 Å². The highest BCUT2D eigenvalue weighted by atomic mass is 32.1. The number of rotatable bonds is 6. The van der Waals surface area contributed by atoms with Crippen LogP contribution in [0.4, 0.5) is 9.93 Å². The molecule has 0 aliphatic carbocycles. The van der Waals surface area contributed by atoms with E-state index in [1.54, 1.807) is 18.3 Å². The fraction of sp³-hybridized carbons (Fsp3) is 0.357. The molecule has 0 unspecified atom stereocenters. The second-order valence-corrected chi connectivity index (χ2v) is 6.14. The topological polar surface area (TPSA) is 77.5 Å². The fourth-order valence-corrected chi connectivity index (χ4v) is 3.22. The third-order valence-corrected chi connectivity index (χ3v) is 4.30. The summed E-state index contributed by atoms with van der Waals surface area (Å²) in [5, 5.41) is 6.40. The molecule has 22 heavy (non-hydrogen) atoms. The fourth-order valence-electron chi connectivity index (χ4n) is 1.64. The van der Waals surface area contributed by atoms with Crippen molar-refractivity contribution in [1.82, 2.24) is 4.98 Å². The van der Waals surface area contributed by atoms with E-state index in [0.29, 0.717) is 10.7 Å². The first-order valence-electron chi connectivity index (χ1n) is 6.81. The second-order valence-electron chi connectivity index (χ2n) is 4.28. The summed E-state index contributed by atoms with van der Waals surface area (Å²) in [6, 6.07) is 1.88. The van der Waals surface area contributed by atoms with E-state index >= 15 is 0 Å². The molecule has 0 aliphatic heterocycles. The lowest BCUT2D eigenvalue weighted by atomic mass is 10.2. The molecule has 118 valence electrons. The van der Waals surface area contributed by atoms with Crippen molar-refractivity contribution in [2.45, 2.75) is 26.7 Å². The monoisotopic (exact) mass is 340 g/mol. The highest BCUT2D eigenvalue weighted by molar-refractivity contribution is 7.14. The maximum Gasteiger partial charge on any atom is 0.515 e. The maximum absolute atomic E-state index is 12.1. The van der Waals surface area contributed by atoms with Gasteiger partial charge < -0.3 is 9.47 Å². The van der Waals surface area contributed by atoms with Crippen LogP contribution in [0.15, 0.2) is 16.8 Å². The van der Waals surface area contributed by atoms with Gasteiger partial charge in [-0.3, -0.25) is 10.1 Å². The van der Waals surface area contributed by atoms with Gasteiger partial charge in [0.1, 0.15) is 0 Å².